The SMILES string of the molecule is C/C1=C/CCC/C(C)=C/CCC/C(C)=C/CCC/C(C)=C/CCC1. The fraction of sp³-hybridized carbons (Fsp3) is 0.667. The Morgan fingerprint density at radius 1 is 0.417 bits per heavy atom. The molecule has 1 rings (SSSR count). The summed E-state index contributed by atoms with van der Waals surface area (Å²) in [5, 5.41) is 0. The normalized spacial score (nSPS) is 29.8. The highest BCUT2D eigenvalue weighted by Gasteiger charge is 1.96. The lowest BCUT2D eigenvalue weighted by molar-refractivity contribution is 0.769. The van der Waals surface area contributed by atoms with E-state index in [-0.39, 0.29) is 0 Å². The zero-order valence-corrected chi connectivity index (χ0v) is 16.8. The molecule has 0 nitrogen and oxygen atoms in total. The molecule has 0 heterocycles. The molecule has 1 aliphatic carbocycles. The molecule has 0 spiro atoms. The van der Waals surface area contributed by atoms with Crippen LogP contribution >= 0.6 is 0 Å². The van der Waals surface area contributed by atoms with Gasteiger partial charge in [-0.05, 0) is 105 Å². The maximum Gasteiger partial charge on any atom is -0.0320 e. The van der Waals surface area contributed by atoms with Crippen molar-refractivity contribution in [2.75, 3.05) is 0 Å². The van der Waals surface area contributed by atoms with Gasteiger partial charge < -0.3 is 0 Å². The van der Waals surface area contributed by atoms with Crippen molar-refractivity contribution in [3.63, 3.8) is 0 Å². The number of allylic oxidation sites excluding steroid dienone is 8. The molecule has 0 aromatic carbocycles. The van der Waals surface area contributed by atoms with Crippen LogP contribution in [0.5, 0.6) is 0 Å². The minimum atomic E-state index is 1.24. The molecule has 0 N–H and O–H groups in total. The van der Waals surface area contributed by atoms with Crippen LogP contribution in [-0.2, 0) is 0 Å². The van der Waals surface area contributed by atoms with Crippen LogP contribution < -0.4 is 0 Å². The van der Waals surface area contributed by atoms with E-state index >= 15 is 0 Å². The predicted molar refractivity (Wildman–Crippen MR) is 110 cm³/mol. The van der Waals surface area contributed by atoms with Gasteiger partial charge in [0.05, 0.1) is 0 Å². The van der Waals surface area contributed by atoms with Crippen molar-refractivity contribution in [3.8, 4) is 0 Å². The molecule has 0 aromatic heterocycles. The molecule has 24 heavy (non-hydrogen) atoms. The van der Waals surface area contributed by atoms with Gasteiger partial charge in [-0.2, -0.15) is 0 Å². The minimum Gasteiger partial charge on any atom is -0.0856 e. The first-order chi connectivity index (χ1) is 11.6. The second-order valence-electron chi connectivity index (χ2n) is 7.77. The molecule has 0 aromatic rings. The van der Waals surface area contributed by atoms with E-state index in [9.17, 15) is 0 Å². The first-order valence-corrected chi connectivity index (χ1v) is 10.2. The van der Waals surface area contributed by atoms with Crippen LogP contribution in [0.3, 0.4) is 0 Å². The molecule has 0 bridgehead atoms. The van der Waals surface area contributed by atoms with Crippen molar-refractivity contribution < 1.29 is 0 Å². The number of rotatable bonds is 0. The highest BCUT2D eigenvalue weighted by atomic mass is 14.0. The van der Waals surface area contributed by atoms with Crippen molar-refractivity contribution in [3.05, 3.63) is 46.6 Å². The molecule has 136 valence electrons. The van der Waals surface area contributed by atoms with Crippen LogP contribution in [0, 0.1) is 0 Å². The van der Waals surface area contributed by atoms with E-state index < -0.39 is 0 Å². The Labute approximate surface area is 151 Å². The molecule has 0 heteroatoms. The molecule has 0 radical (unpaired) electrons. The largest absolute Gasteiger partial charge is 0.0856 e. The van der Waals surface area contributed by atoms with Crippen molar-refractivity contribution in [2.45, 2.75) is 105 Å². The van der Waals surface area contributed by atoms with E-state index in [0.29, 0.717) is 0 Å². The van der Waals surface area contributed by atoms with Gasteiger partial charge in [0.25, 0.3) is 0 Å². The van der Waals surface area contributed by atoms with Crippen molar-refractivity contribution in [1.29, 1.82) is 0 Å². The van der Waals surface area contributed by atoms with Crippen LogP contribution in [0.25, 0.3) is 0 Å². The second kappa shape index (κ2) is 13.3. The average Bonchev–Trinajstić information content (AvgIpc) is 2.55. The van der Waals surface area contributed by atoms with Gasteiger partial charge in [-0.1, -0.05) is 46.6 Å². The summed E-state index contributed by atoms with van der Waals surface area (Å²) in [5.41, 5.74) is 6.32. The molecule has 0 saturated carbocycles. The first-order valence-electron chi connectivity index (χ1n) is 10.2. The topological polar surface area (TPSA) is 0 Å². The fourth-order valence-electron chi connectivity index (χ4n) is 3.33. The van der Waals surface area contributed by atoms with Crippen LogP contribution in [-0.4, -0.2) is 0 Å². The lowest BCUT2D eigenvalue weighted by atomic mass is 10.0. The third kappa shape index (κ3) is 11.5. The Morgan fingerprint density at radius 2 is 0.625 bits per heavy atom. The van der Waals surface area contributed by atoms with Crippen molar-refractivity contribution in [1.82, 2.24) is 0 Å². The van der Waals surface area contributed by atoms with E-state index in [1.165, 1.54) is 77.0 Å². The lowest BCUT2D eigenvalue weighted by Crippen LogP contribution is -1.85. The molecular formula is C24H40. The first kappa shape index (κ1) is 21.0. The van der Waals surface area contributed by atoms with Gasteiger partial charge in [0.2, 0.25) is 0 Å². The third-order valence-corrected chi connectivity index (χ3v) is 5.07. The van der Waals surface area contributed by atoms with E-state index in [4.69, 9.17) is 0 Å². The zero-order chi connectivity index (χ0) is 17.6. The van der Waals surface area contributed by atoms with E-state index in [1.807, 2.05) is 0 Å². The molecule has 0 aliphatic heterocycles. The molecule has 1 aliphatic rings. The van der Waals surface area contributed by atoms with Gasteiger partial charge in [0, 0.05) is 0 Å². The monoisotopic (exact) mass is 328 g/mol. The summed E-state index contributed by atoms with van der Waals surface area (Å²) in [6.45, 7) is 9.22. The average molecular weight is 329 g/mol. The Bertz CT molecular complexity index is 368. The third-order valence-electron chi connectivity index (χ3n) is 5.07. The van der Waals surface area contributed by atoms with Crippen molar-refractivity contribution >= 4 is 0 Å². The molecule has 0 unspecified atom stereocenters. The number of hydrogen-bond donors (Lipinski definition) is 0. The van der Waals surface area contributed by atoms with Crippen LogP contribution in [0.2, 0.25) is 0 Å². The molecular weight excluding hydrogens is 288 g/mol. The van der Waals surface area contributed by atoms with Gasteiger partial charge in [0.1, 0.15) is 0 Å². The molecule has 0 amide bonds. The Balaban J connectivity index is 2.53. The highest BCUT2D eigenvalue weighted by molar-refractivity contribution is 5.04. The summed E-state index contributed by atoms with van der Waals surface area (Å²) < 4.78 is 0. The predicted octanol–water partition coefficient (Wildman–Crippen LogP) is 8.47. The Hall–Kier alpha value is -1.04. The summed E-state index contributed by atoms with van der Waals surface area (Å²) in [4.78, 5) is 0. The molecule has 0 atom stereocenters. The summed E-state index contributed by atoms with van der Waals surface area (Å²) in [5.74, 6) is 0. The van der Waals surface area contributed by atoms with Gasteiger partial charge >= 0.3 is 0 Å². The van der Waals surface area contributed by atoms with Crippen LogP contribution in [0.4, 0.5) is 0 Å². The summed E-state index contributed by atoms with van der Waals surface area (Å²) >= 11 is 0. The minimum absolute atomic E-state index is 1.24. The Kier molecular flexibility index (Phi) is 11.6. The van der Waals surface area contributed by atoms with Crippen molar-refractivity contribution in [2.24, 2.45) is 0 Å². The smallest absolute Gasteiger partial charge is 0.0320 e. The van der Waals surface area contributed by atoms with E-state index in [2.05, 4.69) is 52.0 Å². The highest BCUT2D eigenvalue weighted by Crippen LogP contribution is 2.16. The maximum absolute atomic E-state index is 2.47. The Morgan fingerprint density at radius 3 is 0.833 bits per heavy atom. The maximum atomic E-state index is 2.47. The fourth-order valence-corrected chi connectivity index (χ4v) is 3.33. The quantitative estimate of drug-likeness (QED) is 0.391. The standard InChI is InChI=1S/C24H40/c1-21-13-5-7-15-22(2)17-9-11-19-24(4)20-12-10-18-23(3)16-8-6-14-21/h13,16-17,20H,5-12,14-15,18-19H2,1-4H3/b21-13-,22-17+,23-16+,24-20+. The van der Waals surface area contributed by atoms with Crippen LogP contribution in [0.15, 0.2) is 46.6 Å². The number of hydrogen-bond acceptors (Lipinski definition) is 0. The summed E-state index contributed by atoms with van der Waals surface area (Å²) in [6.07, 6.45) is 25.1. The molecule has 0 fully saturated rings. The van der Waals surface area contributed by atoms with Crippen LogP contribution in [0.1, 0.15) is 105 Å². The lowest BCUT2D eigenvalue weighted by Gasteiger charge is -2.05. The van der Waals surface area contributed by atoms with E-state index in [1.54, 1.807) is 22.3 Å². The summed E-state index contributed by atoms with van der Waals surface area (Å²) in [7, 11) is 0. The van der Waals surface area contributed by atoms with E-state index in [0.717, 1.165) is 0 Å². The van der Waals surface area contributed by atoms with Gasteiger partial charge in [-0.25, -0.2) is 0 Å². The molecule has 0 saturated heterocycles. The van der Waals surface area contributed by atoms with Gasteiger partial charge in [-0.15, -0.1) is 0 Å². The van der Waals surface area contributed by atoms with Gasteiger partial charge in [0.15, 0.2) is 0 Å². The summed E-state index contributed by atoms with van der Waals surface area (Å²) in [6, 6.07) is 0. The van der Waals surface area contributed by atoms with Gasteiger partial charge in [-0.3, -0.25) is 0 Å². The second-order valence-corrected chi connectivity index (χ2v) is 7.77. The zero-order valence-electron chi connectivity index (χ0n) is 16.8.